The number of nitrogens with one attached hydrogen (secondary N) is 2. The summed E-state index contributed by atoms with van der Waals surface area (Å²) in [7, 11) is 0. The Hall–Kier alpha value is -0.570. The largest absolute Gasteiger partial charge is 0.352 e. The van der Waals surface area contributed by atoms with Gasteiger partial charge in [-0.25, -0.2) is 0 Å². The molecule has 18 heavy (non-hydrogen) atoms. The van der Waals surface area contributed by atoms with E-state index in [0.717, 1.165) is 12.3 Å². The summed E-state index contributed by atoms with van der Waals surface area (Å²) in [5.74, 6) is 1.36. The third kappa shape index (κ3) is 9.46. The first-order chi connectivity index (χ1) is 8.32. The van der Waals surface area contributed by atoms with E-state index in [-0.39, 0.29) is 11.9 Å². The van der Waals surface area contributed by atoms with E-state index in [1.807, 2.05) is 0 Å². The summed E-state index contributed by atoms with van der Waals surface area (Å²) in [6.07, 6.45) is 3.64. The molecule has 0 rings (SSSR count). The number of carbonyl (C=O) groups is 1. The van der Waals surface area contributed by atoms with E-state index in [4.69, 9.17) is 0 Å². The van der Waals surface area contributed by atoms with Gasteiger partial charge < -0.3 is 10.6 Å². The van der Waals surface area contributed by atoms with Crippen LogP contribution in [0.5, 0.6) is 0 Å². The third-order valence-corrected chi connectivity index (χ3v) is 3.42. The zero-order valence-electron chi connectivity index (χ0n) is 13.0. The zero-order chi connectivity index (χ0) is 14.1. The number of hydrogen-bond donors (Lipinski definition) is 2. The van der Waals surface area contributed by atoms with Crippen LogP contribution in [-0.4, -0.2) is 24.5 Å². The molecule has 0 aromatic carbocycles. The lowest BCUT2D eigenvalue weighted by atomic mass is 10.0. The van der Waals surface area contributed by atoms with Gasteiger partial charge in [0.1, 0.15) is 0 Å². The van der Waals surface area contributed by atoms with Crippen LogP contribution in [0, 0.1) is 11.8 Å². The van der Waals surface area contributed by atoms with Gasteiger partial charge >= 0.3 is 0 Å². The molecule has 3 heteroatoms. The predicted molar refractivity (Wildman–Crippen MR) is 78.6 cm³/mol. The van der Waals surface area contributed by atoms with Crippen molar-refractivity contribution in [2.75, 3.05) is 6.54 Å². The molecule has 0 spiro atoms. The smallest absolute Gasteiger partial charge is 0.234 e. The second-order valence-electron chi connectivity index (χ2n) is 6.21. The highest BCUT2D eigenvalue weighted by molar-refractivity contribution is 5.78. The molecule has 0 fully saturated rings. The van der Waals surface area contributed by atoms with E-state index >= 15 is 0 Å². The van der Waals surface area contributed by atoms with Crippen LogP contribution in [0.2, 0.25) is 0 Å². The van der Waals surface area contributed by atoms with Crippen LogP contribution < -0.4 is 10.6 Å². The Morgan fingerprint density at radius 2 is 1.61 bits per heavy atom. The lowest BCUT2D eigenvalue weighted by Gasteiger charge is -2.19. The van der Waals surface area contributed by atoms with Crippen molar-refractivity contribution in [3.05, 3.63) is 0 Å². The number of amides is 1. The third-order valence-electron chi connectivity index (χ3n) is 3.42. The number of hydrogen-bond acceptors (Lipinski definition) is 2. The zero-order valence-corrected chi connectivity index (χ0v) is 13.0. The van der Waals surface area contributed by atoms with Crippen LogP contribution in [0.3, 0.4) is 0 Å². The average molecular weight is 256 g/mol. The summed E-state index contributed by atoms with van der Waals surface area (Å²) in [6, 6.07) is 0.666. The molecule has 3 nitrogen and oxygen atoms in total. The van der Waals surface area contributed by atoms with Crippen molar-refractivity contribution in [2.45, 2.75) is 72.9 Å². The molecule has 0 aliphatic rings. The van der Waals surface area contributed by atoms with E-state index in [9.17, 15) is 4.79 Å². The maximum atomic E-state index is 11.7. The Bertz CT molecular complexity index is 227. The first-order valence-corrected chi connectivity index (χ1v) is 7.35. The minimum atomic E-state index is 0.104. The first kappa shape index (κ1) is 17.4. The van der Waals surface area contributed by atoms with Gasteiger partial charge in [-0.2, -0.15) is 0 Å². The summed E-state index contributed by atoms with van der Waals surface area (Å²) < 4.78 is 0. The summed E-state index contributed by atoms with van der Waals surface area (Å²) in [5, 5.41) is 6.30. The SMILES string of the molecule is CC(C)CCCC(C)NCC(=O)NC(C)C(C)C. The molecular weight excluding hydrogens is 224 g/mol. The molecular formula is C15H32N2O. The van der Waals surface area contributed by atoms with E-state index in [1.54, 1.807) is 0 Å². The Morgan fingerprint density at radius 3 is 2.11 bits per heavy atom. The van der Waals surface area contributed by atoms with Crippen LogP contribution >= 0.6 is 0 Å². The molecule has 0 saturated carbocycles. The molecule has 0 aromatic heterocycles. The van der Waals surface area contributed by atoms with Crippen molar-refractivity contribution in [3.63, 3.8) is 0 Å². The monoisotopic (exact) mass is 256 g/mol. The highest BCUT2D eigenvalue weighted by Gasteiger charge is 2.11. The van der Waals surface area contributed by atoms with Gasteiger partial charge in [-0.1, -0.05) is 40.5 Å². The van der Waals surface area contributed by atoms with Gasteiger partial charge in [-0.05, 0) is 32.1 Å². The summed E-state index contributed by atoms with van der Waals surface area (Å²) >= 11 is 0. The van der Waals surface area contributed by atoms with Gasteiger partial charge in [-0.3, -0.25) is 4.79 Å². The molecule has 0 radical (unpaired) electrons. The van der Waals surface area contributed by atoms with Crippen molar-refractivity contribution >= 4 is 5.91 Å². The molecule has 0 aliphatic carbocycles. The van der Waals surface area contributed by atoms with Crippen LogP contribution in [0.4, 0.5) is 0 Å². The topological polar surface area (TPSA) is 41.1 Å². The van der Waals surface area contributed by atoms with Crippen molar-refractivity contribution < 1.29 is 4.79 Å². The van der Waals surface area contributed by atoms with Crippen molar-refractivity contribution in [1.82, 2.24) is 10.6 Å². The fourth-order valence-corrected chi connectivity index (χ4v) is 1.67. The maximum absolute atomic E-state index is 11.7. The van der Waals surface area contributed by atoms with Crippen LogP contribution in [0.1, 0.15) is 60.8 Å². The highest BCUT2D eigenvalue weighted by Crippen LogP contribution is 2.08. The molecule has 0 saturated heterocycles. The Balaban J connectivity index is 3.65. The molecule has 2 N–H and O–H groups in total. The molecule has 0 heterocycles. The normalized spacial score (nSPS) is 14.9. The van der Waals surface area contributed by atoms with Gasteiger partial charge in [0.2, 0.25) is 5.91 Å². The molecule has 2 unspecified atom stereocenters. The second-order valence-corrected chi connectivity index (χ2v) is 6.21. The summed E-state index contributed by atoms with van der Waals surface area (Å²) in [6.45, 7) is 13.4. The quantitative estimate of drug-likeness (QED) is 0.666. The minimum absolute atomic E-state index is 0.104. The molecule has 108 valence electrons. The molecule has 0 aromatic rings. The average Bonchev–Trinajstić information content (AvgIpc) is 2.25. The van der Waals surface area contributed by atoms with Gasteiger partial charge in [-0.15, -0.1) is 0 Å². The predicted octanol–water partition coefficient (Wildman–Crippen LogP) is 2.95. The van der Waals surface area contributed by atoms with Crippen molar-refractivity contribution in [1.29, 1.82) is 0 Å². The number of rotatable bonds is 9. The Labute approximate surface area is 113 Å². The van der Waals surface area contributed by atoms with E-state index in [2.05, 4.69) is 52.2 Å². The molecule has 0 bridgehead atoms. The first-order valence-electron chi connectivity index (χ1n) is 7.35. The fraction of sp³-hybridized carbons (Fsp3) is 0.933. The Morgan fingerprint density at radius 1 is 1.00 bits per heavy atom. The van der Waals surface area contributed by atoms with Crippen molar-refractivity contribution in [3.8, 4) is 0 Å². The number of carbonyl (C=O) groups excluding carboxylic acids is 1. The van der Waals surface area contributed by atoms with E-state index < -0.39 is 0 Å². The van der Waals surface area contributed by atoms with Gasteiger partial charge in [0.15, 0.2) is 0 Å². The standard InChI is InChI=1S/C15H32N2O/c1-11(2)8-7-9-13(5)16-10-15(18)17-14(6)12(3)4/h11-14,16H,7-10H2,1-6H3,(H,17,18). The van der Waals surface area contributed by atoms with Gasteiger partial charge in [0.25, 0.3) is 0 Å². The lowest BCUT2D eigenvalue weighted by molar-refractivity contribution is -0.121. The molecule has 0 aliphatic heterocycles. The molecule has 2 atom stereocenters. The van der Waals surface area contributed by atoms with Crippen LogP contribution in [-0.2, 0) is 4.79 Å². The van der Waals surface area contributed by atoms with E-state index in [0.29, 0.717) is 18.5 Å². The minimum Gasteiger partial charge on any atom is -0.352 e. The molecule has 1 amide bonds. The highest BCUT2D eigenvalue weighted by atomic mass is 16.1. The Kier molecular flexibility index (Phi) is 9.08. The van der Waals surface area contributed by atoms with Gasteiger partial charge in [0.05, 0.1) is 6.54 Å². The van der Waals surface area contributed by atoms with Gasteiger partial charge in [0, 0.05) is 12.1 Å². The summed E-state index contributed by atoms with van der Waals surface area (Å²) in [5.41, 5.74) is 0. The second kappa shape index (κ2) is 9.37. The lowest BCUT2D eigenvalue weighted by Crippen LogP contribution is -2.43. The van der Waals surface area contributed by atoms with Crippen LogP contribution in [0.15, 0.2) is 0 Å². The van der Waals surface area contributed by atoms with Crippen molar-refractivity contribution in [2.24, 2.45) is 11.8 Å². The fourth-order valence-electron chi connectivity index (χ4n) is 1.67. The van der Waals surface area contributed by atoms with E-state index in [1.165, 1.54) is 12.8 Å². The summed E-state index contributed by atoms with van der Waals surface area (Å²) in [4.78, 5) is 11.7. The van der Waals surface area contributed by atoms with Crippen LogP contribution in [0.25, 0.3) is 0 Å². The maximum Gasteiger partial charge on any atom is 0.234 e.